The maximum Gasteiger partial charge on any atom is 0.418 e. The lowest BCUT2D eigenvalue weighted by Gasteiger charge is -2.30. The number of carbonyl (C=O) groups is 1. The zero-order valence-electron chi connectivity index (χ0n) is 17.1. The van der Waals surface area contributed by atoms with Crippen LogP contribution in [0.4, 0.5) is 18.9 Å². The topological polar surface area (TPSA) is 61.4 Å². The Morgan fingerprint density at radius 1 is 1.10 bits per heavy atom. The molecule has 0 spiro atoms. The Labute approximate surface area is 173 Å². The lowest BCUT2D eigenvalue weighted by atomic mass is 9.96. The minimum Gasteiger partial charge on any atom is -0.369 e. The fraction of sp³-hybridized carbons (Fsp3) is 0.571. The SMILES string of the molecule is C[C@H]1CN(c2ccc(C(F)(F)F)c3nccnc23)CC1C(=O)NC1CCN(C)CC1. The molecule has 1 unspecified atom stereocenters. The molecular formula is C21H26F3N5O. The van der Waals surface area contributed by atoms with Gasteiger partial charge in [0.2, 0.25) is 5.91 Å². The van der Waals surface area contributed by atoms with Crippen molar-refractivity contribution in [2.45, 2.75) is 32.0 Å². The summed E-state index contributed by atoms with van der Waals surface area (Å²) >= 11 is 0. The molecule has 1 aromatic heterocycles. The molecule has 4 rings (SSSR count). The summed E-state index contributed by atoms with van der Waals surface area (Å²) < 4.78 is 40.1. The number of nitrogens with zero attached hydrogens (tertiary/aromatic N) is 4. The Kier molecular flexibility index (Phi) is 5.57. The van der Waals surface area contributed by atoms with Crippen LogP contribution in [0, 0.1) is 11.8 Å². The molecule has 2 aliphatic rings. The average Bonchev–Trinajstić information content (AvgIpc) is 3.09. The third-order valence-corrected chi connectivity index (χ3v) is 6.26. The number of likely N-dealkylation sites (tertiary alicyclic amines) is 1. The van der Waals surface area contributed by atoms with Crippen LogP contribution in [0.15, 0.2) is 24.5 Å². The zero-order chi connectivity index (χ0) is 21.5. The van der Waals surface area contributed by atoms with Crippen molar-refractivity contribution in [2.24, 2.45) is 11.8 Å². The van der Waals surface area contributed by atoms with Crippen molar-refractivity contribution < 1.29 is 18.0 Å². The highest BCUT2D eigenvalue weighted by Gasteiger charge is 2.38. The summed E-state index contributed by atoms with van der Waals surface area (Å²) in [5, 5.41) is 3.18. The number of piperidine rings is 1. The Balaban J connectivity index is 1.53. The van der Waals surface area contributed by atoms with E-state index >= 15 is 0 Å². The number of aromatic nitrogens is 2. The largest absolute Gasteiger partial charge is 0.418 e. The van der Waals surface area contributed by atoms with Crippen LogP contribution in [0.5, 0.6) is 0 Å². The van der Waals surface area contributed by atoms with Crippen LogP contribution < -0.4 is 10.2 Å². The van der Waals surface area contributed by atoms with Crippen molar-refractivity contribution in [1.82, 2.24) is 20.2 Å². The van der Waals surface area contributed by atoms with Gasteiger partial charge in [0.25, 0.3) is 0 Å². The first-order chi connectivity index (χ1) is 14.2. The van der Waals surface area contributed by atoms with E-state index in [1.807, 2.05) is 11.8 Å². The van der Waals surface area contributed by atoms with Crippen molar-refractivity contribution in [2.75, 3.05) is 38.1 Å². The molecule has 1 N–H and O–H groups in total. The lowest BCUT2D eigenvalue weighted by molar-refractivity contribution is -0.136. The van der Waals surface area contributed by atoms with Gasteiger partial charge in [-0.3, -0.25) is 14.8 Å². The molecule has 0 aliphatic carbocycles. The van der Waals surface area contributed by atoms with Crippen LogP contribution in [0.3, 0.4) is 0 Å². The number of hydrogen-bond acceptors (Lipinski definition) is 5. The lowest BCUT2D eigenvalue weighted by Crippen LogP contribution is -2.46. The van der Waals surface area contributed by atoms with Gasteiger partial charge >= 0.3 is 6.18 Å². The normalized spacial score (nSPS) is 23.8. The number of alkyl halides is 3. The third kappa shape index (κ3) is 4.08. The molecular weight excluding hydrogens is 395 g/mol. The fourth-order valence-electron chi connectivity index (χ4n) is 4.49. The van der Waals surface area contributed by atoms with E-state index in [-0.39, 0.29) is 34.8 Å². The van der Waals surface area contributed by atoms with Crippen LogP contribution in [-0.4, -0.2) is 60.0 Å². The number of anilines is 1. The minimum absolute atomic E-state index is 0.0295. The van der Waals surface area contributed by atoms with E-state index in [2.05, 4.69) is 27.2 Å². The number of rotatable bonds is 3. The van der Waals surface area contributed by atoms with Gasteiger partial charge in [0.15, 0.2) is 0 Å². The Morgan fingerprint density at radius 3 is 2.43 bits per heavy atom. The number of fused-ring (bicyclic) bond motifs is 1. The molecule has 0 bridgehead atoms. The van der Waals surface area contributed by atoms with Crippen molar-refractivity contribution >= 4 is 22.6 Å². The van der Waals surface area contributed by atoms with Crippen molar-refractivity contribution in [3.63, 3.8) is 0 Å². The standard InChI is InChI=1S/C21H26F3N5O/c1-13-11-29(12-15(13)20(30)27-14-5-9-28(2)10-6-14)17-4-3-16(21(22,23)24)18-19(17)26-8-7-25-18/h3-4,7-8,13-15H,5-6,9-12H2,1-2H3,(H,27,30)/t13-,15?/m0/s1. The van der Waals surface area contributed by atoms with Crippen molar-refractivity contribution in [3.05, 3.63) is 30.1 Å². The molecule has 30 heavy (non-hydrogen) atoms. The predicted molar refractivity (Wildman–Crippen MR) is 108 cm³/mol. The summed E-state index contributed by atoms with van der Waals surface area (Å²) in [6.45, 7) is 4.98. The van der Waals surface area contributed by atoms with Gasteiger partial charge in [0.1, 0.15) is 11.0 Å². The highest BCUT2D eigenvalue weighted by atomic mass is 19.4. The second kappa shape index (κ2) is 8.02. The Bertz CT molecular complexity index is 926. The van der Waals surface area contributed by atoms with Crippen LogP contribution in [0.25, 0.3) is 11.0 Å². The van der Waals surface area contributed by atoms with Crippen LogP contribution >= 0.6 is 0 Å². The Morgan fingerprint density at radius 2 is 1.77 bits per heavy atom. The van der Waals surface area contributed by atoms with Gasteiger partial charge in [0, 0.05) is 31.5 Å². The molecule has 2 fully saturated rings. The first-order valence-corrected chi connectivity index (χ1v) is 10.3. The molecule has 9 heteroatoms. The number of amides is 1. The average molecular weight is 421 g/mol. The van der Waals surface area contributed by atoms with Gasteiger partial charge in [-0.25, -0.2) is 0 Å². The van der Waals surface area contributed by atoms with Crippen molar-refractivity contribution in [3.8, 4) is 0 Å². The smallest absolute Gasteiger partial charge is 0.369 e. The van der Waals surface area contributed by atoms with E-state index in [0.717, 1.165) is 32.0 Å². The molecule has 6 nitrogen and oxygen atoms in total. The van der Waals surface area contributed by atoms with Gasteiger partial charge in [-0.2, -0.15) is 13.2 Å². The van der Waals surface area contributed by atoms with E-state index in [1.165, 1.54) is 18.5 Å². The highest BCUT2D eigenvalue weighted by Crippen LogP contribution is 2.38. The monoisotopic (exact) mass is 421 g/mol. The summed E-state index contributed by atoms with van der Waals surface area (Å²) in [7, 11) is 2.08. The molecule has 0 radical (unpaired) electrons. The molecule has 2 atom stereocenters. The number of halogens is 3. The summed E-state index contributed by atoms with van der Waals surface area (Å²) in [6.07, 6.45) is 0.0432. The second-order valence-electron chi connectivity index (χ2n) is 8.46. The first-order valence-electron chi connectivity index (χ1n) is 10.3. The molecule has 1 amide bonds. The number of carbonyl (C=O) groups excluding carboxylic acids is 1. The third-order valence-electron chi connectivity index (χ3n) is 6.26. The summed E-state index contributed by atoms with van der Waals surface area (Å²) in [5.74, 6) is -0.0918. The van der Waals surface area contributed by atoms with Gasteiger partial charge in [-0.15, -0.1) is 0 Å². The Hall–Kier alpha value is -2.42. The van der Waals surface area contributed by atoms with E-state index in [0.29, 0.717) is 18.8 Å². The maximum atomic E-state index is 13.4. The van der Waals surface area contributed by atoms with Gasteiger partial charge < -0.3 is 15.1 Å². The number of benzene rings is 1. The molecule has 2 aromatic rings. The van der Waals surface area contributed by atoms with E-state index < -0.39 is 11.7 Å². The molecule has 1 aromatic carbocycles. The second-order valence-corrected chi connectivity index (χ2v) is 8.46. The maximum absolute atomic E-state index is 13.4. The number of nitrogens with one attached hydrogen (secondary N) is 1. The van der Waals surface area contributed by atoms with Crippen LogP contribution in [0.2, 0.25) is 0 Å². The van der Waals surface area contributed by atoms with E-state index in [1.54, 1.807) is 0 Å². The molecule has 3 heterocycles. The summed E-state index contributed by atoms with van der Waals surface area (Å²) in [5.41, 5.74) is -0.143. The van der Waals surface area contributed by atoms with Crippen LogP contribution in [0.1, 0.15) is 25.3 Å². The fourth-order valence-corrected chi connectivity index (χ4v) is 4.49. The molecule has 0 saturated carbocycles. The zero-order valence-corrected chi connectivity index (χ0v) is 17.1. The van der Waals surface area contributed by atoms with Gasteiger partial charge in [0.05, 0.1) is 17.2 Å². The van der Waals surface area contributed by atoms with Gasteiger partial charge in [-0.05, 0) is 51.0 Å². The minimum atomic E-state index is -4.50. The quantitative estimate of drug-likeness (QED) is 0.826. The first kappa shape index (κ1) is 20.8. The number of hydrogen-bond donors (Lipinski definition) is 1. The highest BCUT2D eigenvalue weighted by molar-refractivity contribution is 5.91. The predicted octanol–water partition coefficient (Wildman–Crippen LogP) is 2.93. The molecule has 2 saturated heterocycles. The van der Waals surface area contributed by atoms with Gasteiger partial charge in [-0.1, -0.05) is 6.92 Å². The summed E-state index contributed by atoms with van der Waals surface area (Å²) in [4.78, 5) is 25.2. The molecule has 162 valence electrons. The molecule has 2 aliphatic heterocycles. The van der Waals surface area contributed by atoms with Crippen molar-refractivity contribution in [1.29, 1.82) is 0 Å². The van der Waals surface area contributed by atoms with Crippen LogP contribution in [-0.2, 0) is 11.0 Å². The van der Waals surface area contributed by atoms with E-state index in [4.69, 9.17) is 0 Å². The van der Waals surface area contributed by atoms with E-state index in [9.17, 15) is 18.0 Å². The summed E-state index contributed by atoms with van der Waals surface area (Å²) in [6, 6.07) is 2.69.